The van der Waals surface area contributed by atoms with Crippen LogP contribution in [0.4, 0.5) is 23.2 Å². The Morgan fingerprint density at radius 2 is 1.80 bits per heavy atom. The molecule has 0 spiro atoms. The summed E-state index contributed by atoms with van der Waals surface area (Å²) in [5.41, 5.74) is -1.38. The van der Waals surface area contributed by atoms with Gasteiger partial charge in [0.05, 0.1) is 18.4 Å². The topological polar surface area (TPSA) is 88.4 Å². The molecule has 6 nitrogen and oxygen atoms in total. The molecule has 1 amide bonds. The maximum atomic E-state index is 14.1. The minimum atomic E-state index is -4.60. The van der Waals surface area contributed by atoms with Crippen LogP contribution in [0.5, 0.6) is 0 Å². The number of furan rings is 1. The lowest BCUT2D eigenvalue weighted by Gasteiger charge is -2.11. The maximum absolute atomic E-state index is 14.1. The first-order valence-corrected chi connectivity index (χ1v) is 9.85. The van der Waals surface area contributed by atoms with Crippen molar-refractivity contribution < 1.29 is 35.2 Å². The van der Waals surface area contributed by atoms with Crippen LogP contribution in [0.15, 0.2) is 70.2 Å². The van der Waals surface area contributed by atoms with Crippen molar-refractivity contribution in [2.45, 2.75) is 17.6 Å². The van der Waals surface area contributed by atoms with Crippen LogP contribution in [-0.4, -0.2) is 14.3 Å². The predicted molar refractivity (Wildman–Crippen MR) is 98.5 cm³/mol. The first-order chi connectivity index (χ1) is 14.1. The summed E-state index contributed by atoms with van der Waals surface area (Å²) >= 11 is 0. The molecule has 0 aliphatic carbocycles. The van der Waals surface area contributed by atoms with E-state index in [1.807, 2.05) is 0 Å². The summed E-state index contributed by atoms with van der Waals surface area (Å²) in [4.78, 5) is 11.6. The van der Waals surface area contributed by atoms with Gasteiger partial charge in [0.2, 0.25) is 10.0 Å². The molecule has 0 aliphatic rings. The van der Waals surface area contributed by atoms with E-state index in [0.29, 0.717) is 0 Å². The summed E-state index contributed by atoms with van der Waals surface area (Å²) in [6.07, 6.45) is -3.26. The molecule has 1 aromatic heterocycles. The van der Waals surface area contributed by atoms with Crippen LogP contribution >= 0.6 is 0 Å². The van der Waals surface area contributed by atoms with Crippen molar-refractivity contribution >= 4 is 21.6 Å². The minimum Gasteiger partial charge on any atom is -0.468 e. The molecule has 2 aromatic carbocycles. The fraction of sp³-hybridized carbons (Fsp3) is 0.105. The zero-order chi connectivity index (χ0) is 21.9. The molecule has 30 heavy (non-hydrogen) atoms. The summed E-state index contributed by atoms with van der Waals surface area (Å²) in [6.45, 7) is -0.241. The Hall–Kier alpha value is -3.18. The number of sulfonamides is 1. The van der Waals surface area contributed by atoms with E-state index in [0.717, 1.165) is 36.4 Å². The Kier molecular flexibility index (Phi) is 5.94. The number of amides is 1. The minimum absolute atomic E-state index is 0.153. The molecule has 3 aromatic rings. The standard InChI is InChI=1S/C19H14F4N2O4S/c20-16-7-6-12(9-17(16)30(27,28)24-11-15-5-2-8-29-15)18(26)25-14-4-1-3-13(10-14)19(21,22)23/h1-10,24H,11H2,(H,25,26). The van der Waals surface area contributed by atoms with E-state index in [1.165, 1.54) is 18.4 Å². The zero-order valence-corrected chi connectivity index (χ0v) is 15.9. The van der Waals surface area contributed by atoms with Gasteiger partial charge in [0.15, 0.2) is 0 Å². The van der Waals surface area contributed by atoms with Gasteiger partial charge in [0, 0.05) is 11.3 Å². The van der Waals surface area contributed by atoms with Crippen LogP contribution in [0.25, 0.3) is 0 Å². The van der Waals surface area contributed by atoms with E-state index in [1.54, 1.807) is 6.07 Å². The second-order valence-electron chi connectivity index (χ2n) is 6.08. The summed E-state index contributed by atoms with van der Waals surface area (Å²) in [5, 5.41) is 2.23. The molecular weight excluding hydrogens is 428 g/mol. The lowest BCUT2D eigenvalue weighted by Crippen LogP contribution is -2.24. The summed E-state index contributed by atoms with van der Waals surface area (Å²) in [7, 11) is -4.34. The van der Waals surface area contributed by atoms with E-state index in [-0.39, 0.29) is 23.6 Å². The van der Waals surface area contributed by atoms with Gasteiger partial charge >= 0.3 is 6.18 Å². The normalized spacial score (nSPS) is 12.0. The van der Waals surface area contributed by atoms with Gasteiger partial charge in [-0.15, -0.1) is 0 Å². The Morgan fingerprint density at radius 3 is 2.47 bits per heavy atom. The molecule has 158 valence electrons. The number of benzene rings is 2. The SMILES string of the molecule is O=C(Nc1cccc(C(F)(F)F)c1)c1ccc(F)c(S(=O)(=O)NCc2ccco2)c1. The summed E-state index contributed by atoms with van der Waals surface area (Å²) < 4.78 is 84.4. The monoisotopic (exact) mass is 442 g/mol. The molecule has 0 saturated heterocycles. The van der Waals surface area contributed by atoms with Crippen molar-refractivity contribution in [3.63, 3.8) is 0 Å². The first kappa shape index (κ1) is 21.5. The Bertz CT molecular complexity index is 1160. The van der Waals surface area contributed by atoms with Gasteiger partial charge in [-0.2, -0.15) is 13.2 Å². The lowest BCUT2D eigenvalue weighted by atomic mass is 10.1. The third-order valence-corrected chi connectivity index (χ3v) is 5.36. The largest absolute Gasteiger partial charge is 0.468 e. The van der Waals surface area contributed by atoms with Crippen molar-refractivity contribution in [3.05, 3.63) is 83.6 Å². The number of halogens is 4. The number of carbonyl (C=O) groups excluding carboxylic acids is 1. The second-order valence-corrected chi connectivity index (χ2v) is 7.82. The number of anilines is 1. The van der Waals surface area contributed by atoms with Gasteiger partial charge in [-0.1, -0.05) is 6.07 Å². The zero-order valence-electron chi connectivity index (χ0n) is 15.0. The third-order valence-electron chi connectivity index (χ3n) is 3.95. The van der Waals surface area contributed by atoms with Crippen molar-refractivity contribution in [2.75, 3.05) is 5.32 Å². The van der Waals surface area contributed by atoms with Crippen LogP contribution in [0.3, 0.4) is 0 Å². The van der Waals surface area contributed by atoms with Gasteiger partial charge in [0.1, 0.15) is 16.5 Å². The molecular formula is C19H14F4N2O4S. The van der Waals surface area contributed by atoms with Crippen LogP contribution in [-0.2, 0) is 22.7 Å². The Balaban J connectivity index is 1.81. The quantitative estimate of drug-likeness (QED) is 0.561. The van der Waals surface area contributed by atoms with Gasteiger partial charge in [-0.3, -0.25) is 4.79 Å². The molecule has 1 heterocycles. The number of carbonyl (C=O) groups is 1. The van der Waals surface area contributed by atoms with Crippen molar-refractivity contribution in [1.29, 1.82) is 0 Å². The highest BCUT2D eigenvalue weighted by molar-refractivity contribution is 7.89. The van der Waals surface area contributed by atoms with Gasteiger partial charge < -0.3 is 9.73 Å². The fourth-order valence-corrected chi connectivity index (χ4v) is 3.58. The third kappa shape index (κ3) is 5.05. The molecule has 0 unspecified atom stereocenters. The van der Waals surface area contributed by atoms with Gasteiger partial charge in [0.25, 0.3) is 5.91 Å². The molecule has 11 heteroatoms. The molecule has 0 atom stereocenters. The second kappa shape index (κ2) is 8.28. The number of nitrogens with one attached hydrogen (secondary N) is 2. The molecule has 0 fully saturated rings. The first-order valence-electron chi connectivity index (χ1n) is 8.36. The van der Waals surface area contributed by atoms with Crippen molar-refractivity contribution in [2.24, 2.45) is 0 Å². The summed E-state index contributed by atoms with van der Waals surface area (Å²) in [6, 6.07) is 9.56. The molecule has 0 radical (unpaired) electrons. The average Bonchev–Trinajstić information content (AvgIpc) is 3.20. The van der Waals surface area contributed by atoms with Gasteiger partial charge in [-0.25, -0.2) is 17.5 Å². The van der Waals surface area contributed by atoms with E-state index in [4.69, 9.17) is 4.42 Å². The fourth-order valence-electron chi connectivity index (χ4n) is 2.48. The predicted octanol–water partition coefficient (Wildman–Crippen LogP) is 4.17. The highest BCUT2D eigenvalue weighted by Gasteiger charge is 2.30. The van der Waals surface area contributed by atoms with E-state index >= 15 is 0 Å². The molecule has 2 N–H and O–H groups in total. The molecule has 0 bridgehead atoms. The number of hydrogen-bond donors (Lipinski definition) is 2. The van der Waals surface area contributed by atoms with E-state index < -0.39 is 38.4 Å². The van der Waals surface area contributed by atoms with Crippen LogP contribution in [0.1, 0.15) is 21.7 Å². The number of hydrogen-bond acceptors (Lipinski definition) is 4. The van der Waals surface area contributed by atoms with Crippen LogP contribution in [0, 0.1) is 5.82 Å². The van der Waals surface area contributed by atoms with E-state index in [9.17, 15) is 30.8 Å². The van der Waals surface area contributed by atoms with Crippen molar-refractivity contribution in [1.82, 2.24) is 4.72 Å². The molecule has 3 rings (SSSR count). The molecule has 0 saturated carbocycles. The van der Waals surface area contributed by atoms with E-state index in [2.05, 4.69) is 10.0 Å². The van der Waals surface area contributed by atoms with Gasteiger partial charge in [-0.05, 0) is 48.5 Å². The summed E-state index contributed by atoms with van der Waals surface area (Å²) in [5.74, 6) is -1.72. The smallest absolute Gasteiger partial charge is 0.416 e. The van der Waals surface area contributed by atoms with Crippen LogP contribution < -0.4 is 10.0 Å². The maximum Gasteiger partial charge on any atom is 0.416 e. The van der Waals surface area contributed by atoms with Crippen LogP contribution in [0.2, 0.25) is 0 Å². The Labute approximate surface area is 168 Å². The Morgan fingerprint density at radius 1 is 1.03 bits per heavy atom. The lowest BCUT2D eigenvalue weighted by molar-refractivity contribution is -0.137. The number of rotatable bonds is 6. The number of alkyl halides is 3. The average molecular weight is 442 g/mol. The molecule has 0 aliphatic heterocycles. The highest BCUT2D eigenvalue weighted by Crippen LogP contribution is 2.30. The van der Waals surface area contributed by atoms with Crippen molar-refractivity contribution in [3.8, 4) is 0 Å². The highest BCUT2D eigenvalue weighted by atomic mass is 32.2.